The van der Waals surface area contributed by atoms with E-state index in [0.717, 1.165) is 31.0 Å². The van der Waals surface area contributed by atoms with Gasteiger partial charge in [0.1, 0.15) is 5.01 Å². The molecule has 0 radical (unpaired) electrons. The third kappa shape index (κ3) is 3.99. The quantitative estimate of drug-likeness (QED) is 0.782. The van der Waals surface area contributed by atoms with Gasteiger partial charge < -0.3 is 14.8 Å². The second-order valence-electron chi connectivity index (χ2n) is 5.24. The molecule has 0 saturated carbocycles. The van der Waals surface area contributed by atoms with Gasteiger partial charge in [-0.25, -0.2) is 4.98 Å². The first kappa shape index (κ1) is 14.9. The van der Waals surface area contributed by atoms with Gasteiger partial charge in [-0.1, -0.05) is 13.8 Å². The topological polar surface area (TPSA) is 43.4 Å². The van der Waals surface area contributed by atoms with Gasteiger partial charge in [-0.15, -0.1) is 11.3 Å². The Kier molecular flexibility index (Phi) is 5.76. The maximum Gasteiger partial charge on any atom is 0.113 e. The molecular weight excluding hydrogens is 260 g/mol. The number of nitrogens with one attached hydrogen (secondary N) is 1. The largest absolute Gasteiger partial charge is 0.383 e. The molecule has 1 N–H and O–H groups in total. The van der Waals surface area contributed by atoms with Gasteiger partial charge in [0.2, 0.25) is 0 Å². The first-order valence-corrected chi connectivity index (χ1v) is 7.89. The van der Waals surface area contributed by atoms with Crippen molar-refractivity contribution in [2.24, 2.45) is 0 Å². The van der Waals surface area contributed by atoms with Gasteiger partial charge >= 0.3 is 0 Å². The molecule has 0 bridgehead atoms. The number of ether oxygens (including phenoxy) is 2. The van der Waals surface area contributed by atoms with Crippen molar-refractivity contribution in [3.8, 4) is 0 Å². The Balaban J connectivity index is 2.05. The van der Waals surface area contributed by atoms with Gasteiger partial charge in [-0.05, 0) is 18.8 Å². The molecule has 1 aromatic heterocycles. The molecule has 2 heterocycles. The molecule has 1 fully saturated rings. The van der Waals surface area contributed by atoms with Gasteiger partial charge in [0, 0.05) is 25.6 Å². The number of aromatic nitrogens is 1. The predicted octanol–water partition coefficient (Wildman–Crippen LogP) is 2.72. The minimum absolute atomic E-state index is 0.204. The molecule has 0 amide bonds. The monoisotopic (exact) mass is 284 g/mol. The first-order chi connectivity index (χ1) is 9.22. The highest BCUT2D eigenvalue weighted by Crippen LogP contribution is 2.30. The van der Waals surface area contributed by atoms with Crippen LogP contribution in [0.5, 0.6) is 0 Å². The molecule has 2 atom stereocenters. The molecule has 1 aliphatic heterocycles. The maximum atomic E-state index is 5.83. The number of hydrogen-bond acceptors (Lipinski definition) is 5. The van der Waals surface area contributed by atoms with Crippen molar-refractivity contribution in [3.63, 3.8) is 0 Å². The SMILES string of the molecule is COCCNC(c1nc(C(C)C)cs1)C1CCCO1. The molecule has 0 aromatic carbocycles. The lowest BCUT2D eigenvalue weighted by Crippen LogP contribution is -2.33. The molecular formula is C14H24N2O2S. The molecule has 2 unspecified atom stereocenters. The molecule has 5 heteroatoms. The summed E-state index contributed by atoms with van der Waals surface area (Å²) in [4.78, 5) is 4.77. The molecule has 108 valence electrons. The Morgan fingerprint density at radius 1 is 1.58 bits per heavy atom. The second kappa shape index (κ2) is 7.33. The van der Waals surface area contributed by atoms with E-state index in [0.29, 0.717) is 12.5 Å². The first-order valence-electron chi connectivity index (χ1n) is 7.01. The fourth-order valence-electron chi connectivity index (χ4n) is 2.27. The van der Waals surface area contributed by atoms with Crippen LogP contribution in [0.25, 0.3) is 0 Å². The number of hydrogen-bond donors (Lipinski definition) is 1. The van der Waals surface area contributed by atoms with Gasteiger partial charge in [-0.2, -0.15) is 0 Å². The van der Waals surface area contributed by atoms with E-state index in [1.165, 1.54) is 5.69 Å². The van der Waals surface area contributed by atoms with Crippen LogP contribution in [0.2, 0.25) is 0 Å². The van der Waals surface area contributed by atoms with Crippen LogP contribution in [-0.4, -0.2) is 38.0 Å². The fourth-order valence-corrected chi connectivity index (χ4v) is 3.37. The molecule has 1 aliphatic rings. The maximum absolute atomic E-state index is 5.83. The minimum Gasteiger partial charge on any atom is -0.383 e. The summed E-state index contributed by atoms with van der Waals surface area (Å²) in [5.41, 5.74) is 1.18. The van der Waals surface area contributed by atoms with E-state index in [4.69, 9.17) is 14.5 Å². The highest BCUT2D eigenvalue weighted by atomic mass is 32.1. The summed E-state index contributed by atoms with van der Waals surface area (Å²) in [6.07, 6.45) is 2.51. The van der Waals surface area contributed by atoms with Crippen molar-refractivity contribution < 1.29 is 9.47 Å². The Bertz CT molecular complexity index is 375. The van der Waals surface area contributed by atoms with E-state index in [1.807, 2.05) is 0 Å². The van der Waals surface area contributed by atoms with Gasteiger partial charge in [-0.3, -0.25) is 0 Å². The Labute approximate surface area is 119 Å². The average molecular weight is 284 g/mol. The summed E-state index contributed by atoms with van der Waals surface area (Å²) in [6.45, 7) is 6.77. The van der Waals surface area contributed by atoms with E-state index in [9.17, 15) is 0 Å². The van der Waals surface area contributed by atoms with Crippen LogP contribution in [0.15, 0.2) is 5.38 Å². The third-order valence-electron chi connectivity index (χ3n) is 3.40. The molecule has 0 spiro atoms. The molecule has 1 saturated heterocycles. The molecule has 0 aliphatic carbocycles. The number of rotatable bonds is 7. The number of nitrogens with zero attached hydrogens (tertiary/aromatic N) is 1. The fraction of sp³-hybridized carbons (Fsp3) is 0.786. The van der Waals surface area contributed by atoms with Gasteiger partial charge in [0.05, 0.1) is 24.4 Å². The van der Waals surface area contributed by atoms with E-state index >= 15 is 0 Å². The van der Waals surface area contributed by atoms with Crippen molar-refractivity contribution in [2.45, 2.75) is 44.8 Å². The number of thiazole rings is 1. The van der Waals surface area contributed by atoms with Crippen LogP contribution in [0.4, 0.5) is 0 Å². The summed E-state index contributed by atoms with van der Waals surface area (Å²) in [5, 5.41) is 6.84. The smallest absolute Gasteiger partial charge is 0.113 e. The van der Waals surface area contributed by atoms with E-state index in [-0.39, 0.29) is 12.1 Å². The highest BCUT2D eigenvalue weighted by Gasteiger charge is 2.29. The lowest BCUT2D eigenvalue weighted by atomic mass is 10.1. The molecule has 2 rings (SSSR count). The zero-order chi connectivity index (χ0) is 13.7. The normalized spacial score (nSPS) is 21.2. The zero-order valence-corrected chi connectivity index (χ0v) is 12.8. The van der Waals surface area contributed by atoms with E-state index in [2.05, 4.69) is 24.5 Å². The Morgan fingerprint density at radius 3 is 3.00 bits per heavy atom. The van der Waals surface area contributed by atoms with Crippen LogP contribution < -0.4 is 5.32 Å². The second-order valence-corrected chi connectivity index (χ2v) is 6.13. The Hall–Kier alpha value is -0.490. The average Bonchev–Trinajstić information content (AvgIpc) is 3.06. The van der Waals surface area contributed by atoms with Crippen molar-refractivity contribution in [3.05, 3.63) is 16.1 Å². The highest BCUT2D eigenvalue weighted by molar-refractivity contribution is 7.09. The van der Waals surface area contributed by atoms with Crippen molar-refractivity contribution in [2.75, 3.05) is 26.9 Å². The third-order valence-corrected chi connectivity index (χ3v) is 4.35. The van der Waals surface area contributed by atoms with Crippen molar-refractivity contribution >= 4 is 11.3 Å². The summed E-state index contributed by atoms with van der Waals surface area (Å²) in [7, 11) is 1.73. The van der Waals surface area contributed by atoms with Crippen molar-refractivity contribution in [1.82, 2.24) is 10.3 Å². The molecule has 4 nitrogen and oxygen atoms in total. The summed E-state index contributed by atoms with van der Waals surface area (Å²) < 4.78 is 10.9. The van der Waals surface area contributed by atoms with Crippen LogP contribution in [-0.2, 0) is 9.47 Å². The van der Waals surface area contributed by atoms with Gasteiger partial charge in [0.25, 0.3) is 0 Å². The lowest BCUT2D eigenvalue weighted by Gasteiger charge is -2.22. The lowest BCUT2D eigenvalue weighted by molar-refractivity contribution is 0.0747. The standard InChI is InChI=1S/C14H24N2O2S/c1-10(2)11-9-19-14(16-11)13(15-6-8-17-3)12-5-4-7-18-12/h9-10,12-13,15H,4-8H2,1-3H3. The van der Waals surface area contributed by atoms with E-state index in [1.54, 1.807) is 18.4 Å². The Morgan fingerprint density at radius 2 is 2.42 bits per heavy atom. The van der Waals surface area contributed by atoms with Crippen LogP contribution in [0, 0.1) is 0 Å². The summed E-state index contributed by atoms with van der Waals surface area (Å²) >= 11 is 1.74. The summed E-state index contributed by atoms with van der Waals surface area (Å²) in [5.74, 6) is 0.481. The van der Waals surface area contributed by atoms with Crippen molar-refractivity contribution in [1.29, 1.82) is 0 Å². The summed E-state index contributed by atoms with van der Waals surface area (Å²) in [6, 6.07) is 0.204. The van der Waals surface area contributed by atoms with Crippen LogP contribution >= 0.6 is 11.3 Å². The van der Waals surface area contributed by atoms with Gasteiger partial charge in [0.15, 0.2) is 0 Å². The molecule has 1 aromatic rings. The zero-order valence-electron chi connectivity index (χ0n) is 12.0. The molecule has 19 heavy (non-hydrogen) atoms. The van der Waals surface area contributed by atoms with Crippen LogP contribution in [0.1, 0.15) is 49.4 Å². The number of methoxy groups -OCH3 is 1. The predicted molar refractivity (Wildman–Crippen MR) is 77.8 cm³/mol. The minimum atomic E-state index is 0.204. The van der Waals surface area contributed by atoms with E-state index < -0.39 is 0 Å². The van der Waals surface area contributed by atoms with Crippen LogP contribution in [0.3, 0.4) is 0 Å².